The van der Waals surface area contributed by atoms with Gasteiger partial charge in [-0.25, -0.2) is 0 Å². The lowest BCUT2D eigenvalue weighted by Gasteiger charge is -2.23. The summed E-state index contributed by atoms with van der Waals surface area (Å²) in [7, 11) is 1.69. The number of nitrogens with two attached hydrogens (primary N) is 1. The molecule has 0 aromatic heterocycles. The topological polar surface area (TPSA) is 35.2 Å². The van der Waals surface area contributed by atoms with Crippen molar-refractivity contribution in [1.82, 2.24) is 0 Å². The lowest BCUT2D eigenvalue weighted by atomic mass is 10.0. The second-order valence-electron chi connectivity index (χ2n) is 4.84. The van der Waals surface area contributed by atoms with Crippen LogP contribution in [0.4, 0.5) is 0 Å². The van der Waals surface area contributed by atoms with E-state index < -0.39 is 0 Å². The van der Waals surface area contributed by atoms with E-state index in [1.807, 2.05) is 12.1 Å². The van der Waals surface area contributed by atoms with Gasteiger partial charge in [-0.1, -0.05) is 41.1 Å². The Balaban J connectivity index is 2.25. The molecule has 2 N–H and O–H groups in total. The molecule has 0 saturated heterocycles. The Morgan fingerprint density at radius 2 is 1.90 bits per heavy atom. The van der Waals surface area contributed by atoms with E-state index in [1.165, 1.54) is 10.5 Å². The highest BCUT2D eigenvalue weighted by atomic mass is 79.9. The van der Waals surface area contributed by atoms with Crippen molar-refractivity contribution in [3.05, 3.63) is 58.6 Å². The summed E-state index contributed by atoms with van der Waals surface area (Å²) in [6, 6.07) is 16.6. The number of methoxy groups -OCH3 is 1. The SMILES string of the molecule is CCC(N)C(Sc1cccc(OC)c1)c1ccc(Br)cc1. The van der Waals surface area contributed by atoms with Gasteiger partial charge in [0.05, 0.1) is 7.11 Å². The Morgan fingerprint density at radius 1 is 1.19 bits per heavy atom. The Labute approximate surface area is 139 Å². The molecular formula is C17H20BrNOS. The Bertz CT molecular complexity index is 573. The first-order valence-electron chi connectivity index (χ1n) is 6.95. The molecule has 0 aliphatic heterocycles. The monoisotopic (exact) mass is 365 g/mol. The minimum atomic E-state index is 0.113. The minimum absolute atomic E-state index is 0.113. The number of halogens is 1. The third-order valence-corrected chi connectivity index (χ3v) is 5.29. The molecule has 2 rings (SSSR count). The molecule has 0 spiro atoms. The first kappa shape index (κ1) is 16.4. The van der Waals surface area contributed by atoms with Crippen molar-refractivity contribution in [2.24, 2.45) is 5.73 Å². The summed E-state index contributed by atoms with van der Waals surface area (Å²) >= 11 is 5.27. The van der Waals surface area contributed by atoms with Crippen LogP contribution in [0.5, 0.6) is 5.75 Å². The van der Waals surface area contributed by atoms with E-state index in [-0.39, 0.29) is 11.3 Å². The van der Waals surface area contributed by atoms with Gasteiger partial charge in [0.25, 0.3) is 0 Å². The first-order valence-corrected chi connectivity index (χ1v) is 8.63. The Morgan fingerprint density at radius 3 is 2.52 bits per heavy atom. The van der Waals surface area contributed by atoms with Crippen molar-refractivity contribution in [2.75, 3.05) is 7.11 Å². The fraction of sp³-hybridized carbons (Fsp3) is 0.294. The summed E-state index contributed by atoms with van der Waals surface area (Å²) in [4.78, 5) is 1.17. The van der Waals surface area contributed by atoms with Crippen molar-refractivity contribution in [3.63, 3.8) is 0 Å². The highest BCUT2D eigenvalue weighted by molar-refractivity contribution is 9.10. The molecule has 21 heavy (non-hydrogen) atoms. The molecule has 2 aromatic rings. The van der Waals surface area contributed by atoms with Gasteiger partial charge in [0.15, 0.2) is 0 Å². The molecule has 112 valence electrons. The maximum absolute atomic E-state index is 6.34. The van der Waals surface area contributed by atoms with E-state index in [2.05, 4.69) is 59.3 Å². The highest BCUT2D eigenvalue weighted by Gasteiger charge is 2.20. The summed E-state index contributed by atoms with van der Waals surface area (Å²) in [6.45, 7) is 2.13. The molecular weight excluding hydrogens is 346 g/mol. The van der Waals surface area contributed by atoms with Crippen molar-refractivity contribution < 1.29 is 4.74 Å². The van der Waals surface area contributed by atoms with Gasteiger partial charge >= 0.3 is 0 Å². The minimum Gasteiger partial charge on any atom is -0.497 e. The summed E-state index contributed by atoms with van der Waals surface area (Å²) in [6.07, 6.45) is 0.942. The molecule has 2 atom stereocenters. The zero-order valence-electron chi connectivity index (χ0n) is 12.3. The van der Waals surface area contributed by atoms with Crippen molar-refractivity contribution in [1.29, 1.82) is 0 Å². The molecule has 0 saturated carbocycles. The number of hydrogen-bond acceptors (Lipinski definition) is 3. The smallest absolute Gasteiger partial charge is 0.119 e. The molecule has 0 heterocycles. The maximum atomic E-state index is 6.34. The number of thioether (sulfide) groups is 1. The number of ether oxygens (including phenoxy) is 1. The Kier molecular flexibility index (Phi) is 6.15. The summed E-state index contributed by atoms with van der Waals surface area (Å²) in [5.74, 6) is 0.875. The molecule has 2 nitrogen and oxygen atoms in total. The number of rotatable bonds is 6. The van der Waals surface area contributed by atoms with E-state index in [9.17, 15) is 0 Å². The molecule has 0 fully saturated rings. The molecule has 2 aromatic carbocycles. The van der Waals surface area contributed by atoms with E-state index in [4.69, 9.17) is 10.5 Å². The third kappa shape index (κ3) is 4.50. The average Bonchev–Trinajstić information content (AvgIpc) is 2.53. The molecule has 0 amide bonds. The summed E-state index contributed by atoms with van der Waals surface area (Å²) < 4.78 is 6.38. The Hall–Kier alpha value is -0.970. The second-order valence-corrected chi connectivity index (χ2v) is 6.97. The van der Waals surface area contributed by atoms with Crippen LogP contribution in [0.25, 0.3) is 0 Å². The second kappa shape index (κ2) is 7.87. The predicted molar refractivity (Wildman–Crippen MR) is 94.0 cm³/mol. The lowest BCUT2D eigenvalue weighted by molar-refractivity contribution is 0.413. The molecule has 0 aliphatic carbocycles. The van der Waals surface area contributed by atoms with E-state index in [0.717, 1.165) is 16.6 Å². The first-order chi connectivity index (χ1) is 10.1. The number of hydrogen-bond donors (Lipinski definition) is 1. The van der Waals surface area contributed by atoms with Crippen LogP contribution in [0.3, 0.4) is 0 Å². The fourth-order valence-corrected chi connectivity index (χ4v) is 3.65. The molecule has 0 aliphatic rings. The van der Waals surface area contributed by atoms with Crippen molar-refractivity contribution >= 4 is 27.7 Å². The quantitative estimate of drug-likeness (QED) is 0.729. The molecule has 0 radical (unpaired) electrons. The van der Waals surface area contributed by atoms with Gasteiger partial charge in [-0.3, -0.25) is 0 Å². The van der Waals surface area contributed by atoms with Gasteiger partial charge in [-0.05, 0) is 42.3 Å². The van der Waals surface area contributed by atoms with E-state index >= 15 is 0 Å². The van der Waals surface area contributed by atoms with Crippen LogP contribution in [0.1, 0.15) is 24.2 Å². The highest BCUT2D eigenvalue weighted by Crippen LogP contribution is 2.39. The zero-order chi connectivity index (χ0) is 15.2. The van der Waals surface area contributed by atoms with E-state index in [1.54, 1.807) is 18.9 Å². The van der Waals surface area contributed by atoms with Gasteiger partial charge in [0, 0.05) is 20.7 Å². The van der Waals surface area contributed by atoms with Crippen molar-refractivity contribution in [3.8, 4) is 5.75 Å². The number of benzene rings is 2. The zero-order valence-corrected chi connectivity index (χ0v) is 14.7. The van der Waals surface area contributed by atoms with Crippen LogP contribution in [0.2, 0.25) is 0 Å². The van der Waals surface area contributed by atoms with Crippen LogP contribution in [0, 0.1) is 0 Å². The van der Waals surface area contributed by atoms with Crippen LogP contribution in [-0.2, 0) is 0 Å². The predicted octanol–water partition coefficient (Wildman–Crippen LogP) is 5.03. The van der Waals surface area contributed by atoms with Gasteiger partial charge in [-0.15, -0.1) is 11.8 Å². The van der Waals surface area contributed by atoms with Gasteiger partial charge in [0.2, 0.25) is 0 Å². The molecule has 2 unspecified atom stereocenters. The lowest BCUT2D eigenvalue weighted by Crippen LogP contribution is -2.25. The van der Waals surface area contributed by atoms with Gasteiger partial charge in [0.1, 0.15) is 5.75 Å². The normalized spacial score (nSPS) is 13.7. The third-order valence-electron chi connectivity index (χ3n) is 3.36. The van der Waals surface area contributed by atoms with Crippen LogP contribution >= 0.6 is 27.7 Å². The largest absolute Gasteiger partial charge is 0.497 e. The average molecular weight is 366 g/mol. The van der Waals surface area contributed by atoms with E-state index in [0.29, 0.717) is 0 Å². The van der Waals surface area contributed by atoms with Crippen LogP contribution in [0.15, 0.2) is 57.9 Å². The van der Waals surface area contributed by atoms with Crippen molar-refractivity contribution in [2.45, 2.75) is 29.5 Å². The summed E-state index contributed by atoms with van der Waals surface area (Å²) in [5, 5.41) is 0.232. The molecule has 4 heteroatoms. The van der Waals surface area contributed by atoms with Gasteiger partial charge in [-0.2, -0.15) is 0 Å². The maximum Gasteiger partial charge on any atom is 0.119 e. The van der Waals surface area contributed by atoms with Crippen LogP contribution in [-0.4, -0.2) is 13.2 Å². The summed E-state index contributed by atoms with van der Waals surface area (Å²) in [5.41, 5.74) is 7.59. The fourth-order valence-electron chi connectivity index (χ4n) is 2.09. The standard InChI is InChI=1S/C17H20BrNOS/c1-3-16(19)17(12-7-9-13(18)10-8-12)21-15-6-4-5-14(11-15)20-2/h4-11,16-17H,3,19H2,1-2H3. The van der Waals surface area contributed by atoms with Gasteiger partial charge < -0.3 is 10.5 Å². The van der Waals surface area contributed by atoms with Crippen LogP contribution < -0.4 is 10.5 Å². The molecule has 0 bridgehead atoms.